The number of aromatic amines is 1. The summed E-state index contributed by atoms with van der Waals surface area (Å²) in [6.07, 6.45) is 4.46. The van der Waals surface area contributed by atoms with Gasteiger partial charge < -0.3 is 15.0 Å². The van der Waals surface area contributed by atoms with Crippen LogP contribution in [-0.4, -0.2) is 23.0 Å². The molecule has 0 aliphatic heterocycles. The molecule has 98 valence electrons. The Morgan fingerprint density at radius 2 is 2.26 bits per heavy atom. The summed E-state index contributed by atoms with van der Waals surface area (Å²) in [6, 6.07) is 4.81. The molecule has 0 fully saturated rings. The largest absolute Gasteiger partial charge is 0.481 e. The van der Waals surface area contributed by atoms with E-state index in [2.05, 4.69) is 15.3 Å². The zero-order chi connectivity index (χ0) is 13.7. The zero-order valence-electron chi connectivity index (χ0n) is 10.3. The minimum atomic E-state index is -0.419. The van der Waals surface area contributed by atoms with E-state index in [1.807, 2.05) is 0 Å². The summed E-state index contributed by atoms with van der Waals surface area (Å²) in [5.41, 5.74) is 0.592. The standard InChI is InChI=1S/C13H13N3O3/c1-19-12-3-2-9(6-15-12)7-16-13(18)10-8-14-5-4-11(10)17/h2-6,8H,7H2,1H3,(H,14,17)(H,16,18). The molecule has 0 aliphatic rings. The Bertz CT molecular complexity index is 620. The molecular weight excluding hydrogens is 246 g/mol. The maximum atomic E-state index is 11.8. The van der Waals surface area contributed by atoms with Gasteiger partial charge in [0, 0.05) is 37.3 Å². The number of hydrogen-bond acceptors (Lipinski definition) is 4. The first kappa shape index (κ1) is 12.8. The van der Waals surface area contributed by atoms with E-state index < -0.39 is 5.91 Å². The molecule has 2 heterocycles. The second-order valence-corrected chi connectivity index (χ2v) is 3.81. The lowest BCUT2D eigenvalue weighted by Gasteiger charge is -2.05. The van der Waals surface area contributed by atoms with E-state index in [1.54, 1.807) is 18.3 Å². The van der Waals surface area contributed by atoms with Crippen molar-refractivity contribution in [1.29, 1.82) is 0 Å². The highest BCUT2D eigenvalue weighted by molar-refractivity contribution is 5.93. The Balaban J connectivity index is 2.00. The van der Waals surface area contributed by atoms with Gasteiger partial charge in [-0.2, -0.15) is 0 Å². The first-order chi connectivity index (χ1) is 9.20. The molecule has 0 atom stereocenters. The molecule has 6 heteroatoms. The molecule has 0 radical (unpaired) electrons. The van der Waals surface area contributed by atoms with Gasteiger partial charge in [-0.3, -0.25) is 9.59 Å². The van der Waals surface area contributed by atoms with Gasteiger partial charge >= 0.3 is 0 Å². The maximum Gasteiger partial charge on any atom is 0.257 e. The van der Waals surface area contributed by atoms with E-state index in [1.165, 1.54) is 25.6 Å². The lowest BCUT2D eigenvalue weighted by molar-refractivity contribution is 0.0949. The van der Waals surface area contributed by atoms with Crippen LogP contribution in [-0.2, 0) is 6.54 Å². The number of carbonyl (C=O) groups is 1. The van der Waals surface area contributed by atoms with Gasteiger partial charge in [-0.1, -0.05) is 6.07 Å². The van der Waals surface area contributed by atoms with Crippen LogP contribution in [0.5, 0.6) is 5.88 Å². The molecule has 19 heavy (non-hydrogen) atoms. The smallest absolute Gasteiger partial charge is 0.257 e. The third kappa shape index (κ3) is 3.19. The average molecular weight is 259 g/mol. The van der Waals surface area contributed by atoms with Crippen LogP contribution in [0, 0.1) is 0 Å². The SMILES string of the molecule is COc1ccc(CNC(=O)c2c[nH]ccc2=O)cn1. The summed E-state index contributed by atoms with van der Waals surface area (Å²) in [7, 11) is 1.53. The van der Waals surface area contributed by atoms with Crippen molar-refractivity contribution >= 4 is 5.91 Å². The highest BCUT2D eigenvalue weighted by Gasteiger charge is 2.08. The van der Waals surface area contributed by atoms with Crippen molar-refractivity contribution in [3.05, 3.63) is 58.1 Å². The van der Waals surface area contributed by atoms with Gasteiger partial charge in [0.05, 0.1) is 7.11 Å². The molecule has 2 rings (SSSR count). The van der Waals surface area contributed by atoms with E-state index in [-0.39, 0.29) is 11.0 Å². The third-order valence-corrected chi connectivity index (χ3v) is 2.53. The van der Waals surface area contributed by atoms with Gasteiger partial charge in [-0.25, -0.2) is 4.98 Å². The molecule has 6 nitrogen and oxygen atoms in total. The second-order valence-electron chi connectivity index (χ2n) is 3.81. The number of H-pyrrole nitrogens is 1. The second kappa shape index (κ2) is 5.81. The number of carbonyl (C=O) groups excluding carboxylic acids is 1. The summed E-state index contributed by atoms with van der Waals surface area (Å²) in [5, 5.41) is 2.65. The Labute approximate surface area is 109 Å². The molecular formula is C13H13N3O3. The van der Waals surface area contributed by atoms with E-state index in [0.717, 1.165) is 5.56 Å². The van der Waals surface area contributed by atoms with Crippen LogP contribution >= 0.6 is 0 Å². The summed E-state index contributed by atoms with van der Waals surface area (Å²) >= 11 is 0. The molecule has 2 aromatic heterocycles. The van der Waals surface area contributed by atoms with Gasteiger partial charge in [0.1, 0.15) is 5.56 Å². The fourth-order valence-electron chi connectivity index (χ4n) is 1.51. The summed E-state index contributed by atoms with van der Waals surface area (Å²) < 4.78 is 4.94. The number of nitrogens with one attached hydrogen (secondary N) is 2. The van der Waals surface area contributed by atoms with Crippen LogP contribution in [0.25, 0.3) is 0 Å². The molecule has 0 unspecified atom stereocenters. The Kier molecular flexibility index (Phi) is 3.92. The predicted octanol–water partition coefficient (Wildman–Crippen LogP) is 0.708. The van der Waals surface area contributed by atoms with Crippen molar-refractivity contribution in [2.75, 3.05) is 7.11 Å². The number of amides is 1. The molecule has 0 spiro atoms. The number of nitrogens with zero attached hydrogens (tertiary/aromatic N) is 1. The van der Waals surface area contributed by atoms with Crippen LogP contribution in [0.1, 0.15) is 15.9 Å². The highest BCUT2D eigenvalue weighted by Crippen LogP contribution is 2.06. The Hall–Kier alpha value is -2.63. The van der Waals surface area contributed by atoms with Gasteiger partial charge in [0.25, 0.3) is 5.91 Å². The lowest BCUT2D eigenvalue weighted by Crippen LogP contribution is -2.28. The van der Waals surface area contributed by atoms with E-state index >= 15 is 0 Å². The molecule has 0 saturated heterocycles. The Morgan fingerprint density at radius 3 is 2.89 bits per heavy atom. The van der Waals surface area contributed by atoms with Gasteiger partial charge in [0.15, 0.2) is 5.43 Å². The van der Waals surface area contributed by atoms with E-state index in [4.69, 9.17) is 4.74 Å². The van der Waals surface area contributed by atoms with Crippen molar-refractivity contribution in [2.24, 2.45) is 0 Å². The number of ether oxygens (including phenoxy) is 1. The summed E-state index contributed by atoms with van der Waals surface area (Å²) in [4.78, 5) is 30.0. The summed E-state index contributed by atoms with van der Waals surface area (Å²) in [5.74, 6) is 0.0900. The molecule has 1 amide bonds. The van der Waals surface area contributed by atoms with Crippen LogP contribution in [0.15, 0.2) is 41.6 Å². The van der Waals surface area contributed by atoms with Gasteiger partial charge in [-0.15, -0.1) is 0 Å². The zero-order valence-corrected chi connectivity index (χ0v) is 10.3. The van der Waals surface area contributed by atoms with Gasteiger partial charge in [-0.05, 0) is 5.56 Å². The topological polar surface area (TPSA) is 84.1 Å². The van der Waals surface area contributed by atoms with Crippen LogP contribution in [0.2, 0.25) is 0 Å². The first-order valence-electron chi connectivity index (χ1n) is 5.65. The van der Waals surface area contributed by atoms with E-state index in [0.29, 0.717) is 12.4 Å². The molecule has 2 N–H and O–H groups in total. The monoisotopic (exact) mass is 259 g/mol. The Morgan fingerprint density at radius 1 is 1.42 bits per heavy atom. The van der Waals surface area contributed by atoms with Crippen molar-refractivity contribution in [3.8, 4) is 5.88 Å². The lowest BCUT2D eigenvalue weighted by atomic mass is 10.2. The third-order valence-electron chi connectivity index (χ3n) is 2.53. The van der Waals surface area contributed by atoms with Crippen molar-refractivity contribution in [1.82, 2.24) is 15.3 Å². The fourth-order valence-corrected chi connectivity index (χ4v) is 1.51. The normalized spacial score (nSPS) is 9.95. The van der Waals surface area contributed by atoms with Crippen molar-refractivity contribution in [3.63, 3.8) is 0 Å². The number of pyridine rings is 2. The number of hydrogen-bond donors (Lipinski definition) is 2. The van der Waals surface area contributed by atoms with Crippen molar-refractivity contribution < 1.29 is 9.53 Å². The molecule has 0 aromatic carbocycles. The van der Waals surface area contributed by atoms with Gasteiger partial charge in [0.2, 0.25) is 5.88 Å². The van der Waals surface area contributed by atoms with Crippen LogP contribution in [0.3, 0.4) is 0 Å². The van der Waals surface area contributed by atoms with Crippen molar-refractivity contribution in [2.45, 2.75) is 6.54 Å². The number of aromatic nitrogens is 2. The minimum Gasteiger partial charge on any atom is -0.481 e. The first-order valence-corrected chi connectivity index (χ1v) is 5.65. The molecule has 0 aliphatic carbocycles. The molecule has 0 bridgehead atoms. The number of rotatable bonds is 4. The molecule has 0 saturated carbocycles. The minimum absolute atomic E-state index is 0.0870. The predicted molar refractivity (Wildman–Crippen MR) is 69.0 cm³/mol. The summed E-state index contributed by atoms with van der Waals surface area (Å²) in [6.45, 7) is 0.296. The van der Waals surface area contributed by atoms with Crippen LogP contribution < -0.4 is 15.5 Å². The molecule has 2 aromatic rings. The average Bonchev–Trinajstić information content (AvgIpc) is 2.46. The van der Waals surface area contributed by atoms with Crippen LogP contribution in [0.4, 0.5) is 0 Å². The maximum absolute atomic E-state index is 11.8. The van der Waals surface area contributed by atoms with E-state index in [9.17, 15) is 9.59 Å². The number of methoxy groups -OCH3 is 1. The highest BCUT2D eigenvalue weighted by atomic mass is 16.5. The quantitative estimate of drug-likeness (QED) is 0.847. The fraction of sp³-hybridized carbons (Fsp3) is 0.154.